The van der Waals surface area contributed by atoms with E-state index in [1.165, 1.54) is 0 Å². The van der Waals surface area contributed by atoms with Crippen LogP contribution in [0.5, 0.6) is 0 Å². The fourth-order valence-corrected chi connectivity index (χ4v) is 1.54. The minimum Gasteiger partial charge on any atom is -0.460 e. The third-order valence-electron chi connectivity index (χ3n) is 2.37. The zero-order valence-electron chi connectivity index (χ0n) is 9.71. The van der Waals surface area contributed by atoms with Gasteiger partial charge in [0.1, 0.15) is 6.61 Å². The predicted molar refractivity (Wildman–Crippen MR) is 65.4 cm³/mol. The van der Waals surface area contributed by atoms with Gasteiger partial charge in [0, 0.05) is 22.8 Å². The van der Waals surface area contributed by atoms with Crippen LogP contribution in [0, 0.1) is 13.8 Å². The molecular weight excluding hydrogens is 272 g/mol. The van der Waals surface area contributed by atoms with Crippen LogP contribution in [-0.2, 0) is 23.0 Å². The molecule has 0 amide bonds. The summed E-state index contributed by atoms with van der Waals surface area (Å²) in [7, 11) is 1.86. The number of halogens is 1. The molecule has 5 heteroatoms. The molecule has 0 aliphatic rings. The minimum absolute atomic E-state index is 0.206. The van der Waals surface area contributed by atoms with Crippen LogP contribution in [0.15, 0.2) is 11.1 Å². The van der Waals surface area contributed by atoms with Crippen LogP contribution >= 0.6 is 15.9 Å². The normalized spacial score (nSPS) is 10.2. The van der Waals surface area contributed by atoms with Crippen LogP contribution in [0.3, 0.4) is 0 Å². The van der Waals surface area contributed by atoms with Gasteiger partial charge in [0.2, 0.25) is 0 Å². The molecule has 4 nitrogen and oxygen atoms in total. The maximum atomic E-state index is 11.5. The third-order valence-corrected chi connectivity index (χ3v) is 2.60. The molecule has 0 aromatic carbocycles. The van der Waals surface area contributed by atoms with E-state index in [0.717, 1.165) is 17.0 Å². The topological polar surface area (TPSA) is 44.1 Å². The van der Waals surface area contributed by atoms with Gasteiger partial charge in [-0.25, -0.2) is 0 Å². The fraction of sp³-hybridized carbons (Fsp3) is 0.455. The van der Waals surface area contributed by atoms with Gasteiger partial charge in [0.05, 0.1) is 12.1 Å². The van der Waals surface area contributed by atoms with Gasteiger partial charge < -0.3 is 4.74 Å². The first kappa shape index (κ1) is 13.0. The minimum atomic E-state index is -0.264. The van der Waals surface area contributed by atoms with Crippen LogP contribution < -0.4 is 0 Å². The van der Waals surface area contributed by atoms with Crippen LogP contribution in [0.25, 0.3) is 0 Å². The van der Waals surface area contributed by atoms with E-state index in [-0.39, 0.29) is 19.0 Å². The third kappa shape index (κ3) is 3.20. The highest BCUT2D eigenvalue weighted by molar-refractivity contribution is 9.11. The molecule has 0 saturated heterocycles. The first-order valence-corrected chi connectivity index (χ1v) is 5.69. The predicted octanol–water partition coefficient (Wildman–Crippen LogP) is 2.03. The second-order valence-corrected chi connectivity index (χ2v) is 4.75. The maximum Gasteiger partial charge on any atom is 0.310 e. The molecule has 0 bridgehead atoms. The average Bonchev–Trinajstić information content (AvgIpc) is 2.42. The van der Waals surface area contributed by atoms with Crippen molar-refractivity contribution in [2.75, 3.05) is 6.61 Å². The molecule has 0 radical (unpaired) electrons. The first-order valence-electron chi connectivity index (χ1n) is 4.89. The van der Waals surface area contributed by atoms with Crippen molar-refractivity contribution in [1.29, 1.82) is 0 Å². The Hall–Kier alpha value is -1.10. The SMILES string of the molecule is C=C(Br)COC(=O)Cc1c(C)nn(C)c1C. The Morgan fingerprint density at radius 1 is 1.56 bits per heavy atom. The van der Waals surface area contributed by atoms with E-state index in [1.807, 2.05) is 20.9 Å². The van der Waals surface area contributed by atoms with Crippen LogP contribution in [0.2, 0.25) is 0 Å². The van der Waals surface area contributed by atoms with Gasteiger partial charge in [-0.15, -0.1) is 0 Å². The smallest absolute Gasteiger partial charge is 0.310 e. The van der Waals surface area contributed by atoms with Gasteiger partial charge in [0.25, 0.3) is 0 Å². The number of ether oxygens (including phenoxy) is 1. The molecule has 0 aliphatic carbocycles. The number of aryl methyl sites for hydroxylation is 2. The number of aromatic nitrogens is 2. The van der Waals surface area contributed by atoms with E-state index in [0.29, 0.717) is 4.48 Å². The Labute approximate surface area is 103 Å². The molecule has 0 spiro atoms. The number of carbonyl (C=O) groups excluding carboxylic acids is 1. The molecule has 1 heterocycles. The quantitative estimate of drug-likeness (QED) is 0.796. The van der Waals surface area contributed by atoms with Gasteiger partial charge in [-0.2, -0.15) is 5.10 Å². The highest BCUT2D eigenvalue weighted by atomic mass is 79.9. The first-order chi connectivity index (χ1) is 7.41. The largest absolute Gasteiger partial charge is 0.460 e. The summed E-state index contributed by atoms with van der Waals surface area (Å²) in [6, 6.07) is 0. The molecule has 0 aliphatic heterocycles. The monoisotopic (exact) mass is 286 g/mol. The molecule has 16 heavy (non-hydrogen) atoms. The summed E-state index contributed by atoms with van der Waals surface area (Å²) in [5, 5.41) is 4.24. The molecule has 88 valence electrons. The number of hydrogen-bond donors (Lipinski definition) is 0. The zero-order valence-corrected chi connectivity index (χ0v) is 11.3. The molecule has 1 aromatic heterocycles. The second kappa shape index (κ2) is 5.30. The molecule has 0 fully saturated rings. The summed E-state index contributed by atoms with van der Waals surface area (Å²) >= 11 is 3.13. The molecular formula is C11H15BrN2O2. The number of hydrogen-bond acceptors (Lipinski definition) is 3. The fourth-order valence-electron chi connectivity index (χ4n) is 1.43. The van der Waals surface area contributed by atoms with Gasteiger partial charge in [-0.05, 0) is 13.8 Å². The van der Waals surface area contributed by atoms with E-state index < -0.39 is 0 Å². The lowest BCUT2D eigenvalue weighted by Gasteiger charge is -2.04. The summed E-state index contributed by atoms with van der Waals surface area (Å²) in [4.78, 5) is 11.5. The van der Waals surface area contributed by atoms with Crippen LogP contribution in [0.4, 0.5) is 0 Å². The van der Waals surface area contributed by atoms with E-state index in [1.54, 1.807) is 4.68 Å². The van der Waals surface area contributed by atoms with Crippen molar-refractivity contribution in [3.63, 3.8) is 0 Å². The molecule has 0 atom stereocenters. The number of carbonyl (C=O) groups is 1. The summed E-state index contributed by atoms with van der Waals surface area (Å²) < 4.78 is 7.42. The molecule has 0 N–H and O–H groups in total. The van der Waals surface area contributed by atoms with E-state index >= 15 is 0 Å². The number of esters is 1. The lowest BCUT2D eigenvalue weighted by Crippen LogP contribution is -2.10. The summed E-state index contributed by atoms with van der Waals surface area (Å²) in [6.45, 7) is 7.63. The highest BCUT2D eigenvalue weighted by Crippen LogP contribution is 2.13. The van der Waals surface area contributed by atoms with Gasteiger partial charge in [0.15, 0.2) is 0 Å². The Kier molecular flexibility index (Phi) is 4.29. The van der Waals surface area contributed by atoms with Crippen molar-refractivity contribution < 1.29 is 9.53 Å². The Morgan fingerprint density at radius 2 is 2.19 bits per heavy atom. The van der Waals surface area contributed by atoms with Gasteiger partial charge in [-0.1, -0.05) is 22.5 Å². The summed E-state index contributed by atoms with van der Waals surface area (Å²) in [5.41, 5.74) is 2.80. The van der Waals surface area contributed by atoms with E-state index in [9.17, 15) is 4.79 Å². The van der Waals surface area contributed by atoms with Crippen molar-refractivity contribution in [3.05, 3.63) is 28.0 Å². The maximum absolute atomic E-state index is 11.5. The second-order valence-electron chi connectivity index (χ2n) is 3.63. The number of nitrogens with zero attached hydrogens (tertiary/aromatic N) is 2. The zero-order chi connectivity index (χ0) is 12.3. The van der Waals surface area contributed by atoms with Crippen molar-refractivity contribution >= 4 is 21.9 Å². The summed E-state index contributed by atoms with van der Waals surface area (Å²) in [6.07, 6.45) is 0.256. The van der Waals surface area contributed by atoms with Gasteiger partial charge >= 0.3 is 5.97 Å². The van der Waals surface area contributed by atoms with E-state index in [2.05, 4.69) is 27.6 Å². The molecule has 1 rings (SSSR count). The van der Waals surface area contributed by atoms with Crippen molar-refractivity contribution in [2.45, 2.75) is 20.3 Å². The molecule has 0 saturated carbocycles. The standard InChI is InChI=1S/C11H15BrN2O2/c1-7(12)6-16-11(15)5-10-8(2)13-14(4)9(10)3/h1,5-6H2,2-4H3. The van der Waals surface area contributed by atoms with Crippen molar-refractivity contribution in [1.82, 2.24) is 9.78 Å². The Bertz CT molecular complexity index is 424. The average molecular weight is 287 g/mol. The van der Waals surface area contributed by atoms with Gasteiger partial charge in [-0.3, -0.25) is 9.48 Å². The van der Waals surface area contributed by atoms with Crippen molar-refractivity contribution in [2.24, 2.45) is 7.05 Å². The summed E-state index contributed by atoms with van der Waals surface area (Å²) in [5.74, 6) is -0.264. The molecule has 0 unspecified atom stereocenters. The highest BCUT2D eigenvalue weighted by Gasteiger charge is 2.14. The lowest BCUT2D eigenvalue weighted by atomic mass is 10.1. The molecule has 1 aromatic rings. The van der Waals surface area contributed by atoms with E-state index in [4.69, 9.17) is 4.74 Å². The lowest BCUT2D eigenvalue weighted by molar-refractivity contribution is -0.141. The Morgan fingerprint density at radius 3 is 2.62 bits per heavy atom. The number of rotatable bonds is 4. The Balaban J connectivity index is 2.66. The van der Waals surface area contributed by atoms with Crippen LogP contribution in [-0.4, -0.2) is 22.4 Å². The van der Waals surface area contributed by atoms with Crippen molar-refractivity contribution in [3.8, 4) is 0 Å². The van der Waals surface area contributed by atoms with Crippen LogP contribution in [0.1, 0.15) is 17.0 Å².